The maximum atomic E-state index is 8.63. The van der Waals surface area contributed by atoms with Crippen LogP contribution in [0, 0.1) is 0 Å². The summed E-state index contributed by atoms with van der Waals surface area (Å²) in [5.74, 6) is 0.0340. The Morgan fingerprint density at radius 3 is 2.82 bits per heavy atom. The van der Waals surface area contributed by atoms with Gasteiger partial charge < -0.3 is 21.4 Å². The summed E-state index contributed by atoms with van der Waals surface area (Å²) < 4.78 is 0. The number of rotatable bonds is 6. The van der Waals surface area contributed by atoms with Crippen molar-refractivity contribution >= 4 is 17.4 Å². The Bertz CT molecular complexity index is 396. The van der Waals surface area contributed by atoms with E-state index in [2.05, 4.69) is 10.5 Å². The van der Waals surface area contributed by atoms with Crippen LogP contribution in [0.3, 0.4) is 0 Å². The van der Waals surface area contributed by atoms with Crippen LogP contribution in [0.2, 0.25) is 5.02 Å². The molecular weight excluding hydrogens is 242 g/mol. The van der Waals surface area contributed by atoms with Crippen molar-refractivity contribution in [3.8, 4) is 0 Å². The molecular formula is C11H16ClN3O2. The zero-order valence-corrected chi connectivity index (χ0v) is 10.1. The van der Waals surface area contributed by atoms with Crippen LogP contribution in [0.1, 0.15) is 17.5 Å². The van der Waals surface area contributed by atoms with Crippen molar-refractivity contribution in [1.82, 2.24) is 5.32 Å². The molecule has 0 amide bonds. The summed E-state index contributed by atoms with van der Waals surface area (Å²) >= 11 is 6.06. The fraction of sp³-hybridized carbons (Fsp3) is 0.364. The van der Waals surface area contributed by atoms with E-state index in [1.807, 2.05) is 6.07 Å². The number of aliphatic hydroxyl groups excluding tert-OH is 1. The number of aliphatic hydroxyl groups is 1. The fourth-order valence-corrected chi connectivity index (χ4v) is 1.58. The minimum absolute atomic E-state index is 0.0340. The normalized spacial score (nSPS) is 11.8. The summed E-state index contributed by atoms with van der Waals surface area (Å²) in [6.45, 7) is 1.52. The number of nitrogens with two attached hydrogens (primary N) is 1. The molecule has 1 aromatic carbocycles. The Morgan fingerprint density at radius 2 is 2.24 bits per heavy atom. The van der Waals surface area contributed by atoms with Crippen molar-refractivity contribution in [1.29, 1.82) is 0 Å². The summed E-state index contributed by atoms with van der Waals surface area (Å²) in [4.78, 5) is 0. The van der Waals surface area contributed by atoms with Crippen molar-refractivity contribution in [2.45, 2.75) is 13.0 Å². The van der Waals surface area contributed by atoms with E-state index in [-0.39, 0.29) is 12.4 Å². The molecule has 5 N–H and O–H groups in total. The van der Waals surface area contributed by atoms with Crippen molar-refractivity contribution < 1.29 is 10.3 Å². The lowest BCUT2D eigenvalue weighted by Gasteiger charge is -2.07. The number of nitrogens with zero attached hydrogens (tertiary/aromatic N) is 1. The molecule has 0 radical (unpaired) electrons. The second kappa shape index (κ2) is 7.11. The molecule has 0 saturated heterocycles. The molecule has 1 aromatic rings. The van der Waals surface area contributed by atoms with E-state index >= 15 is 0 Å². The molecule has 0 aliphatic carbocycles. The van der Waals surface area contributed by atoms with Gasteiger partial charge in [-0.3, -0.25) is 0 Å². The number of oxime groups is 1. The molecule has 5 nitrogen and oxygen atoms in total. The molecule has 1 rings (SSSR count). The van der Waals surface area contributed by atoms with Crippen LogP contribution in [0.4, 0.5) is 0 Å². The quantitative estimate of drug-likeness (QED) is 0.200. The highest BCUT2D eigenvalue weighted by molar-refractivity contribution is 6.31. The van der Waals surface area contributed by atoms with Gasteiger partial charge in [0.1, 0.15) is 0 Å². The topological polar surface area (TPSA) is 90.9 Å². The molecule has 0 atom stereocenters. The van der Waals surface area contributed by atoms with Crippen molar-refractivity contribution in [2.24, 2.45) is 10.9 Å². The maximum absolute atomic E-state index is 8.63. The molecule has 0 spiro atoms. The van der Waals surface area contributed by atoms with E-state index in [9.17, 15) is 0 Å². The third-order valence-electron chi connectivity index (χ3n) is 2.28. The highest BCUT2D eigenvalue weighted by Crippen LogP contribution is 2.17. The van der Waals surface area contributed by atoms with Gasteiger partial charge in [0.05, 0.1) is 0 Å². The van der Waals surface area contributed by atoms with Crippen molar-refractivity contribution in [2.75, 3.05) is 13.2 Å². The zero-order valence-electron chi connectivity index (χ0n) is 9.36. The monoisotopic (exact) mass is 257 g/mol. The lowest BCUT2D eigenvalue weighted by Crippen LogP contribution is -2.17. The predicted molar refractivity (Wildman–Crippen MR) is 67.4 cm³/mol. The van der Waals surface area contributed by atoms with E-state index in [4.69, 9.17) is 27.6 Å². The predicted octanol–water partition coefficient (Wildman–Crippen LogP) is 0.906. The summed E-state index contributed by atoms with van der Waals surface area (Å²) in [6, 6.07) is 5.21. The van der Waals surface area contributed by atoms with Gasteiger partial charge in [0, 0.05) is 23.7 Å². The van der Waals surface area contributed by atoms with Crippen molar-refractivity contribution in [3.05, 3.63) is 34.3 Å². The summed E-state index contributed by atoms with van der Waals surface area (Å²) in [5, 5.41) is 23.8. The molecule has 0 heterocycles. The highest BCUT2D eigenvalue weighted by Gasteiger charge is 2.04. The molecule has 0 aliphatic rings. The first-order chi connectivity index (χ1) is 8.19. The van der Waals surface area contributed by atoms with Gasteiger partial charge in [-0.15, -0.1) is 0 Å². The second-order valence-corrected chi connectivity index (χ2v) is 3.95. The number of amidine groups is 1. The number of hydrogen-bond donors (Lipinski definition) is 4. The highest BCUT2D eigenvalue weighted by atomic mass is 35.5. The average Bonchev–Trinajstić information content (AvgIpc) is 2.35. The molecule has 0 saturated carbocycles. The summed E-state index contributed by atoms with van der Waals surface area (Å²) in [6.07, 6.45) is 0.708. The number of halogens is 1. The first-order valence-corrected chi connectivity index (χ1v) is 5.64. The average molecular weight is 258 g/mol. The number of benzene rings is 1. The molecule has 0 unspecified atom stereocenters. The first kappa shape index (κ1) is 13.8. The smallest absolute Gasteiger partial charge is 0.170 e. The van der Waals surface area contributed by atoms with Crippen LogP contribution < -0.4 is 11.1 Å². The van der Waals surface area contributed by atoms with Gasteiger partial charge in [-0.25, -0.2) is 0 Å². The third-order valence-corrected chi connectivity index (χ3v) is 2.64. The van der Waals surface area contributed by atoms with E-state index in [0.717, 1.165) is 12.1 Å². The molecule has 0 fully saturated rings. The van der Waals surface area contributed by atoms with Crippen LogP contribution in [0.25, 0.3) is 0 Å². The van der Waals surface area contributed by atoms with Gasteiger partial charge >= 0.3 is 0 Å². The Kier molecular flexibility index (Phi) is 5.76. The van der Waals surface area contributed by atoms with Gasteiger partial charge in [-0.1, -0.05) is 28.9 Å². The van der Waals surface area contributed by atoms with Gasteiger partial charge in [0.25, 0.3) is 0 Å². The Morgan fingerprint density at radius 1 is 1.47 bits per heavy atom. The Balaban J connectivity index is 2.63. The lowest BCUT2D eigenvalue weighted by atomic mass is 10.1. The van der Waals surface area contributed by atoms with Gasteiger partial charge in [0.15, 0.2) is 5.84 Å². The fourth-order valence-electron chi connectivity index (χ4n) is 1.33. The zero-order chi connectivity index (χ0) is 12.7. The standard InChI is InChI=1S/C11H16ClN3O2/c12-10-6-8(11(13)15-17)2-3-9(10)7-14-4-1-5-16/h2-3,6,14,16-17H,1,4-5,7H2,(H2,13,15). The van der Waals surface area contributed by atoms with Gasteiger partial charge in [0.2, 0.25) is 0 Å². The Labute approximate surface area is 105 Å². The SMILES string of the molecule is N/C(=N/O)c1ccc(CNCCCO)c(Cl)c1. The number of nitrogens with one attached hydrogen (secondary N) is 1. The number of hydrogen-bond acceptors (Lipinski definition) is 4. The van der Waals surface area contributed by atoms with E-state index < -0.39 is 0 Å². The van der Waals surface area contributed by atoms with Gasteiger partial charge in [-0.2, -0.15) is 0 Å². The summed E-state index contributed by atoms with van der Waals surface area (Å²) in [5.41, 5.74) is 6.96. The van der Waals surface area contributed by atoms with Crippen LogP contribution in [-0.4, -0.2) is 29.3 Å². The van der Waals surface area contributed by atoms with Gasteiger partial charge in [-0.05, 0) is 24.6 Å². The van der Waals surface area contributed by atoms with Crippen LogP contribution in [-0.2, 0) is 6.54 Å². The largest absolute Gasteiger partial charge is 0.409 e. The first-order valence-electron chi connectivity index (χ1n) is 5.27. The molecule has 0 bridgehead atoms. The molecule has 0 aliphatic heterocycles. The van der Waals surface area contributed by atoms with Crippen LogP contribution in [0.5, 0.6) is 0 Å². The van der Waals surface area contributed by atoms with E-state index in [0.29, 0.717) is 23.6 Å². The van der Waals surface area contributed by atoms with E-state index in [1.54, 1.807) is 12.1 Å². The molecule has 17 heavy (non-hydrogen) atoms. The molecule has 6 heteroatoms. The minimum Gasteiger partial charge on any atom is -0.409 e. The van der Waals surface area contributed by atoms with Crippen molar-refractivity contribution in [3.63, 3.8) is 0 Å². The Hall–Kier alpha value is -1.30. The molecule has 0 aromatic heterocycles. The van der Waals surface area contributed by atoms with E-state index in [1.165, 1.54) is 0 Å². The summed E-state index contributed by atoms with van der Waals surface area (Å²) in [7, 11) is 0. The maximum Gasteiger partial charge on any atom is 0.170 e. The minimum atomic E-state index is 0.0340. The third kappa shape index (κ3) is 4.22. The molecule has 94 valence electrons. The second-order valence-electron chi connectivity index (χ2n) is 3.55. The van der Waals surface area contributed by atoms with Crippen LogP contribution in [0.15, 0.2) is 23.4 Å². The lowest BCUT2D eigenvalue weighted by molar-refractivity contribution is 0.286. The van der Waals surface area contributed by atoms with Crippen LogP contribution >= 0.6 is 11.6 Å².